The van der Waals surface area contributed by atoms with Crippen molar-refractivity contribution < 1.29 is 14.7 Å². The first-order valence-corrected chi connectivity index (χ1v) is 5.98. The Bertz CT molecular complexity index is 444. The zero-order valence-corrected chi connectivity index (χ0v) is 10.4. The van der Waals surface area contributed by atoms with Crippen LogP contribution in [0.4, 0.5) is 5.69 Å². The predicted molar refractivity (Wildman–Crippen MR) is 69.7 cm³/mol. The summed E-state index contributed by atoms with van der Waals surface area (Å²) in [6, 6.07) is 4.42. The number of amides is 1. The number of anilines is 1. The molecule has 1 aromatic rings. The highest BCUT2D eigenvalue weighted by molar-refractivity contribution is 6.05. The van der Waals surface area contributed by atoms with E-state index in [1.807, 2.05) is 0 Å². The van der Waals surface area contributed by atoms with Crippen LogP contribution in [0.5, 0.6) is 0 Å². The molecule has 0 saturated heterocycles. The topological polar surface area (TPSA) is 92.4 Å². The maximum absolute atomic E-state index is 11.8. The molecule has 98 valence electrons. The number of hydrogen-bond acceptors (Lipinski definition) is 3. The predicted octanol–water partition coefficient (Wildman–Crippen LogP) is 1.89. The first-order valence-electron chi connectivity index (χ1n) is 5.98. The van der Waals surface area contributed by atoms with Crippen molar-refractivity contribution in [2.45, 2.75) is 26.2 Å². The Hall–Kier alpha value is -2.04. The second-order valence-electron chi connectivity index (χ2n) is 4.03. The Balaban J connectivity index is 2.74. The molecule has 0 saturated carbocycles. The highest BCUT2D eigenvalue weighted by Gasteiger charge is 2.15. The van der Waals surface area contributed by atoms with Gasteiger partial charge in [0.1, 0.15) is 0 Å². The molecule has 5 nitrogen and oxygen atoms in total. The van der Waals surface area contributed by atoms with Crippen molar-refractivity contribution in [1.29, 1.82) is 0 Å². The lowest BCUT2D eigenvalue weighted by Gasteiger charge is -2.09. The lowest BCUT2D eigenvalue weighted by atomic mass is 10.1. The van der Waals surface area contributed by atoms with Crippen molar-refractivity contribution in [3.63, 3.8) is 0 Å². The molecule has 0 atom stereocenters. The molecule has 0 radical (unpaired) electrons. The normalized spacial score (nSPS) is 10.1. The molecule has 0 bridgehead atoms. The van der Waals surface area contributed by atoms with E-state index in [1.165, 1.54) is 18.2 Å². The molecule has 1 amide bonds. The minimum absolute atomic E-state index is 0.0120. The number of carboxylic acid groups (broad SMARTS) is 1. The number of para-hydroxylation sites is 1. The Morgan fingerprint density at radius 1 is 1.28 bits per heavy atom. The van der Waals surface area contributed by atoms with Crippen molar-refractivity contribution in [3.05, 3.63) is 29.3 Å². The Morgan fingerprint density at radius 2 is 1.94 bits per heavy atom. The lowest BCUT2D eigenvalue weighted by molar-refractivity contribution is 0.0698. The van der Waals surface area contributed by atoms with E-state index in [4.69, 9.17) is 10.8 Å². The van der Waals surface area contributed by atoms with Gasteiger partial charge in [0.2, 0.25) is 0 Å². The van der Waals surface area contributed by atoms with Crippen LogP contribution in [0.3, 0.4) is 0 Å². The Kier molecular flexibility index (Phi) is 5.17. The van der Waals surface area contributed by atoms with Crippen LogP contribution in [0, 0.1) is 0 Å². The number of nitrogens with one attached hydrogen (secondary N) is 1. The molecule has 0 aliphatic carbocycles. The van der Waals surface area contributed by atoms with Crippen LogP contribution in [0.15, 0.2) is 18.2 Å². The van der Waals surface area contributed by atoms with Gasteiger partial charge < -0.3 is 16.2 Å². The molecular formula is C13H18N2O3. The number of carbonyl (C=O) groups excluding carboxylic acids is 1. The van der Waals surface area contributed by atoms with Gasteiger partial charge >= 0.3 is 5.97 Å². The first-order chi connectivity index (χ1) is 8.57. The van der Waals surface area contributed by atoms with Gasteiger partial charge in [-0.05, 0) is 18.6 Å². The molecule has 0 unspecified atom stereocenters. The third kappa shape index (κ3) is 3.48. The van der Waals surface area contributed by atoms with E-state index in [0.29, 0.717) is 6.54 Å². The summed E-state index contributed by atoms with van der Waals surface area (Å²) in [5.74, 6) is -1.46. The van der Waals surface area contributed by atoms with Gasteiger partial charge in [-0.2, -0.15) is 0 Å². The van der Waals surface area contributed by atoms with Gasteiger partial charge in [-0.25, -0.2) is 4.79 Å². The Morgan fingerprint density at radius 3 is 2.56 bits per heavy atom. The number of rotatable bonds is 6. The van der Waals surface area contributed by atoms with Crippen LogP contribution in [-0.4, -0.2) is 23.5 Å². The molecule has 0 fully saturated rings. The van der Waals surface area contributed by atoms with Crippen LogP contribution in [0.2, 0.25) is 0 Å². The third-order valence-electron chi connectivity index (χ3n) is 2.65. The molecule has 5 heteroatoms. The smallest absolute Gasteiger partial charge is 0.337 e. The number of carbonyl (C=O) groups is 2. The fraction of sp³-hybridized carbons (Fsp3) is 0.385. The van der Waals surface area contributed by atoms with E-state index in [9.17, 15) is 9.59 Å². The summed E-state index contributed by atoms with van der Waals surface area (Å²) in [6.07, 6.45) is 3.03. The summed E-state index contributed by atoms with van der Waals surface area (Å²) in [5.41, 5.74) is 5.86. The molecule has 0 aliphatic rings. The second-order valence-corrected chi connectivity index (χ2v) is 4.03. The molecule has 0 aromatic heterocycles. The number of aromatic carboxylic acids is 1. The van der Waals surface area contributed by atoms with Crippen LogP contribution in [0.1, 0.15) is 46.9 Å². The van der Waals surface area contributed by atoms with Gasteiger partial charge in [-0.3, -0.25) is 4.79 Å². The number of hydrogen-bond donors (Lipinski definition) is 3. The fourth-order valence-electron chi connectivity index (χ4n) is 1.62. The van der Waals surface area contributed by atoms with Crippen LogP contribution in [-0.2, 0) is 0 Å². The maximum Gasteiger partial charge on any atom is 0.337 e. The average molecular weight is 250 g/mol. The van der Waals surface area contributed by atoms with Gasteiger partial charge in [0.15, 0.2) is 0 Å². The summed E-state index contributed by atoms with van der Waals surface area (Å²) in [7, 11) is 0. The lowest BCUT2D eigenvalue weighted by Crippen LogP contribution is -2.26. The fourth-order valence-corrected chi connectivity index (χ4v) is 1.62. The standard InChI is InChI=1S/C13H18N2O3/c1-2-3-4-8-15-12(16)9-6-5-7-10(11(9)14)13(17)18/h5-7H,2-4,8,14H2,1H3,(H,15,16)(H,17,18). The molecule has 1 aromatic carbocycles. The zero-order valence-electron chi connectivity index (χ0n) is 10.4. The molecule has 18 heavy (non-hydrogen) atoms. The van der Waals surface area contributed by atoms with Crippen molar-refractivity contribution in [3.8, 4) is 0 Å². The number of nitrogen functional groups attached to an aromatic ring is 1. The first kappa shape index (κ1) is 14.0. The minimum atomic E-state index is -1.13. The quantitative estimate of drug-likeness (QED) is 0.531. The van der Waals surface area contributed by atoms with E-state index in [-0.39, 0.29) is 22.7 Å². The maximum atomic E-state index is 11.8. The van der Waals surface area contributed by atoms with Crippen LogP contribution < -0.4 is 11.1 Å². The number of benzene rings is 1. The van der Waals surface area contributed by atoms with Crippen LogP contribution in [0.25, 0.3) is 0 Å². The number of nitrogens with two attached hydrogens (primary N) is 1. The molecule has 0 spiro atoms. The van der Waals surface area contributed by atoms with E-state index >= 15 is 0 Å². The summed E-state index contributed by atoms with van der Waals surface area (Å²) in [4.78, 5) is 22.7. The summed E-state index contributed by atoms with van der Waals surface area (Å²) in [5, 5.41) is 11.6. The third-order valence-corrected chi connectivity index (χ3v) is 2.65. The highest BCUT2D eigenvalue weighted by atomic mass is 16.4. The van der Waals surface area contributed by atoms with E-state index in [1.54, 1.807) is 0 Å². The summed E-state index contributed by atoms with van der Waals surface area (Å²) < 4.78 is 0. The van der Waals surface area contributed by atoms with Gasteiger partial charge in [0.25, 0.3) is 5.91 Å². The Labute approximate surface area is 106 Å². The van der Waals surface area contributed by atoms with E-state index in [0.717, 1.165) is 19.3 Å². The van der Waals surface area contributed by atoms with Crippen molar-refractivity contribution in [1.82, 2.24) is 5.32 Å². The summed E-state index contributed by atoms with van der Waals surface area (Å²) in [6.45, 7) is 2.65. The van der Waals surface area contributed by atoms with E-state index < -0.39 is 5.97 Å². The average Bonchev–Trinajstić information content (AvgIpc) is 2.34. The monoisotopic (exact) mass is 250 g/mol. The van der Waals surface area contributed by atoms with Crippen LogP contribution >= 0.6 is 0 Å². The SMILES string of the molecule is CCCCCNC(=O)c1cccc(C(=O)O)c1N. The molecule has 4 N–H and O–H groups in total. The number of carboxylic acids is 1. The zero-order chi connectivity index (χ0) is 13.5. The second kappa shape index (κ2) is 6.64. The highest BCUT2D eigenvalue weighted by Crippen LogP contribution is 2.17. The molecule has 0 aliphatic heterocycles. The van der Waals surface area contributed by atoms with Crippen molar-refractivity contribution >= 4 is 17.6 Å². The molecule has 1 rings (SSSR count). The van der Waals surface area contributed by atoms with Gasteiger partial charge in [0, 0.05) is 6.54 Å². The largest absolute Gasteiger partial charge is 0.478 e. The number of unbranched alkanes of at least 4 members (excludes halogenated alkanes) is 2. The molecular weight excluding hydrogens is 232 g/mol. The minimum Gasteiger partial charge on any atom is -0.478 e. The van der Waals surface area contributed by atoms with E-state index in [2.05, 4.69) is 12.2 Å². The van der Waals surface area contributed by atoms with Gasteiger partial charge in [0.05, 0.1) is 16.8 Å². The van der Waals surface area contributed by atoms with Gasteiger partial charge in [-0.15, -0.1) is 0 Å². The molecule has 0 heterocycles. The van der Waals surface area contributed by atoms with Crippen molar-refractivity contribution in [2.75, 3.05) is 12.3 Å². The van der Waals surface area contributed by atoms with Gasteiger partial charge in [-0.1, -0.05) is 25.8 Å². The summed E-state index contributed by atoms with van der Waals surface area (Å²) >= 11 is 0. The van der Waals surface area contributed by atoms with Crippen molar-refractivity contribution in [2.24, 2.45) is 0 Å².